The van der Waals surface area contributed by atoms with Crippen LogP contribution in [0.15, 0.2) is 59.3 Å². The molecule has 0 unspecified atom stereocenters. The molecule has 0 aromatic heterocycles. The number of rotatable bonds is 2. The van der Waals surface area contributed by atoms with Crippen LogP contribution in [0.1, 0.15) is 11.1 Å². The van der Waals surface area contributed by atoms with Gasteiger partial charge < -0.3 is 0 Å². The molecule has 0 bridgehead atoms. The van der Waals surface area contributed by atoms with E-state index in [1.165, 1.54) is 12.5 Å². The minimum absolute atomic E-state index is 0.688. The highest BCUT2D eigenvalue weighted by Crippen LogP contribution is 2.12. The zero-order valence-corrected chi connectivity index (χ0v) is 9.15. The Kier molecular flexibility index (Phi) is 2.67. The Balaban J connectivity index is 1.85. The van der Waals surface area contributed by atoms with Crippen LogP contribution in [0.2, 0.25) is 0 Å². The van der Waals surface area contributed by atoms with Gasteiger partial charge in [-0.3, -0.25) is 9.78 Å². The number of hydrogen-bond donors (Lipinski definition) is 0. The number of allylic oxidation sites excluding steroid dienone is 2. The van der Waals surface area contributed by atoms with E-state index >= 15 is 0 Å². The van der Waals surface area contributed by atoms with Crippen molar-refractivity contribution in [2.75, 3.05) is 0 Å². The van der Waals surface area contributed by atoms with Crippen molar-refractivity contribution in [2.45, 2.75) is 0 Å². The molecule has 0 saturated heterocycles. The van der Waals surface area contributed by atoms with Gasteiger partial charge in [0.1, 0.15) is 23.9 Å². The molecular weight excluding hydrogens is 236 g/mol. The lowest BCUT2D eigenvalue weighted by Gasteiger charge is -2.07. The first-order chi connectivity index (χ1) is 8.93. The Morgan fingerprint density at radius 2 is 1.11 bits per heavy atom. The van der Waals surface area contributed by atoms with E-state index in [0.29, 0.717) is 11.4 Å². The van der Waals surface area contributed by atoms with Gasteiger partial charge in [0.05, 0.1) is 0 Å². The van der Waals surface area contributed by atoms with Crippen LogP contribution in [0, 0.1) is 0 Å². The van der Waals surface area contributed by atoms with Gasteiger partial charge in [0.2, 0.25) is 0 Å². The molecule has 0 amide bonds. The molecule has 0 atom stereocenters. The Morgan fingerprint density at radius 1 is 0.667 bits per heavy atom. The summed E-state index contributed by atoms with van der Waals surface area (Å²) >= 11 is 0. The molecule has 2 heterocycles. The third-order valence-corrected chi connectivity index (χ3v) is 2.40. The smallest absolute Gasteiger partial charge is 0.147 e. The van der Waals surface area contributed by atoms with Crippen LogP contribution in [0.4, 0.5) is 0 Å². The molecule has 0 N–H and O–H groups in total. The summed E-state index contributed by atoms with van der Waals surface area (Å²) in [6, 6.07) is 7.61. The fourth-order valence-electron chi connectivity index (χ4n) is 1.53. The van der Waals surface area contributed by atoms with E-state index in [-0.39, 0.29) is 0 Å². The first kappa shape index (κ1) is 10.4. The number of oxime groups is 2. The number of hydrogen-bond acceptors (Lipinski definition) is 6. The predicted molar refractivity (Wildman–Crippen MR) is 62.1 cm³/mol. The molecule has 3 rings (SSSR count). The molecule has 2 aliphatic rings. The molecule has 0 aliphatic carbocycles. The van der Waals surface area contributed by atoms with Gasteiger partial charge in [0, 0.05) is 23.3 Å². The standard InChI is InChI=1S/C12H8N2O4/c1-2-10(12-6-8-16-18-14-12)4-3-9(1)11-5-7-15-17-13-11/h1-8H. The van der Waals surface area contributed by atoms with Crippen LogP contribution >= 0.6 is 0 Å². The molecule has 6 heteroatoms. The zero-order chi connectivity index (χ0) is 12.2. The minimum Gasteiger partial charge on any atom is -0.275 e. The fraction of sp³-hybridized carbons (Fsp3) is 0. The third kappa shape index (κ3) is 2.03. The van der Waals surface area contributed by atoms with Crippen molar-refractivity contribution < 1.29 is 19.8 Å². The second-order valence-electron chi connectivity index (χ2n) is 3.48. The quantitative estimate of drug-likeness (QED) is 0.747. The van der Waals surface area contributed by atoms with Gasteiger partial charge in [-0.2, -0.15) is 9.98 Å². The molecule has 0 spiro atoms. The second-order valence-corrected chi connectivity index (χ2v) is 3.48. The van der Waals surface area contributed by atoms with Crippen molar-refractivity contribution in [3.05, 3.63) is 60.1 Å². The first-order valence-corrected chi connectivity index (χ1v) is 5.18. The first-order valence-electron chi connectivity index (χ1n) is 5.18. The lowest BCUT2D eigenvalue weighted by molar-refractivity contribution is -0.251. The summed E-state index contributed by atoms with van der Waals surface area (Å²) in [7, 11) is 0. The topological polar surface area (TPSA) is 61.6 Å². The number of benzene rings is 1. The molecule has 18 heavy (non-hydrogen) atoms. The van der Waals surface area contributed by atoms with Crippen LogP contribution in [-0.4, -0.2) is 11.4 Å². The summed E-state index contributed by atoms with van der Waals surface area (Å²) in [5.74, 6) is 0. The van der Waals surface area contributed by atoms with Gasteiger partial charge in [0.15, 0.2) is 0 Å². The summed E-state index contributed by atoms with van der Waals surface area (Å²) in [6.07, 6.45) is 6.28. The second kappa shape index (κ2) is 4.62. The van der Waals surface area contributed by atoms with Gasteiger partial charge in [-0.25, -0.2) is 0 Å². The highest BCUT2D eigenvalue weighted by Gasteiger charge is 2.08. The van der Waals surface area contributed by atoms with E-state index in [4.69, 9.17) is 0 Å². The van der Waals surface area contributed by atoms with E-state index in [2.05, 4.69) is 30.1 Å². The van der Waals surface area contributed by atoms with Crippen molar-refractivity contribution in [3.8, 4) is 0 Å². The van der Waals surface area contributed by atoms with Crippen LogP contribution in [0.3, 0.4) is 0 Å². The normalized spacial score (nSPS) is 16.7. The molecule has 0 saturated carbocycles. The van der Waals surface area contributed by atoms with Crippen molar-refractivity contribution in [1.29, 1.82) is 0 Å². The lowest BCUT2D eigenvalue weighted by atomic mass is 10.0. The van der Waals surface area contributed by atoms with Gasteiger partial charge in [-0.15, -0.1) is 0 Å². The molecule has 1 aromatic carbocycles. The van der Waals surface area contributed by atoms with Gasteiger partial charge in [-0.05, 0) is 10.3 Å². The zero-order valence-electron chi connectivity index (χ0n) is 9.15. The Morgan fingerprint density at radius 3 is 1.44 bits per heavy atom. The monoisotopic (exact) mass is 244 g/mol. The summed E-state index contributed by atoms with van der Waals surface area (Å²) < 4.78 is 0. The van der Waals surface area contributed by atoms with Crippen molar-refractivity contribution >= 4 is 11.4 Å². The SMILES string of the molecule is C1=CC(c2ccc(C3=NOOC=C3)cc2)=NOO1. The van der Waals surface area contributed by atoms with Gasteiger partial charge in [-0.1, -0.05) is 24.3 Å². The average molecular weight is 244 g/mol. The van der Waals surface area contributed by atoms with Gasteiger partial charge in [0.25, 0.3) is 0 Å². The Bertz CT molecular complexity index is 507. The molecule has 0 radical (unpaired) electrons. The van der Waals surface area contributed by atoms with Crippen LogP contribution in [-0.2, 0) is 19.8 Å². The third-order valence-electron chi connectivity index (χ3n) is 2.40. The highest BCUT2D eigenvalue weighted by molar-refractivity contribution is 6.11. The van der Waals surface area contributed by atoms with Crippen LogP contribution in [0.25, 0.3) is 0 Å². The molecule has 6 nitrogen and oxygen atoms in total. The molecular formula is C12H8N2O4. The number of nitrogens with zero attached hydrogens (tertiary/aromatic N) is 2. The highest BCUT2D eigenvalue weighted by atomic mass is 17.3. The summed E-state index contributed by atoms with van der Waals surface area (Å²) in [5, 5.41) is 7.52. The summed E-state index contributed by atoms with van der Waals surface area (Å²) in [4.78, 5) is 18.1. The molecule has 2 aliphatic heterocycles. The predicted octanol–water partition coefficient (Wildman–Crippen LogP) is 2.05. The van der Waals surface area contributed by atoms with Crippen LogP contribution < -0.4 is 0 Å². The summed E-state index contributed by atoms with van der Waals surface area (Å²) in [5.41, 5.74) is 3.20. The maximum Gasteiger partial charge on any atom is 0.147 e. The van der Waals surface area contributed by atoms with E-state index in [0.717, 1.165) is 11.1 Å². The largest absolute Gasteiger partial charge is 0.275 e. The van der Waals surface area contributed by atoms with Crippen molar-refractivity contribution in [1.82, 2.24) is 0 Å². The van der Waals surface area contributed by atoms with Crippen molar-refractivity contribution in [2.24, 2.45) is 10.3 Å². The van der Waals surface area contributed by atoms with Crippen LogP contribution in [0.5, 0.6) is 0 Å². The van der Waals surface area contributed by atoms with E-state index < -0.39 is 0 Å². The fourth-order valence-corrected chi connectivity index (χ4v) is 1.53. The lowest BCUT2D eigenvalue weighted by Crippen LogP contribution is -2.05. The average Bonchev–Trinajstić information content (AvgIpc) is 2.49. The van der Waals surface area contributed by atoms with Gasteiger partial charge >= 0.3 is 0 Å². The molecule has 1 aromatic rings. The minimum atomic E-state index is 0.688. The Hall–Kier alpha value is -2.76. The maximum atomic E-state index is 4.51. The summed E-state index contributed by atoms with van der Waals surface area (Å²) in [6.45, 7) is 0. The maximum absolute atomic E-state index is 4.51. The molecule has 0 fully saturated rings. The van der Waals surface area contributed by atoms with Crippen molar-refractivity contribution in [3.63, 3.8) is 0 Å². The van der Waals surface area contributed by atoms with E-state index in [1.54, 1.807) is 12.2 Å². The van der Waals surface area contributed by atoms with E-state index in [1.807, 2.05) is 24.3 Å². The molecule has 90 valence electrons. The Labute approximate surface area is 102 Å². The van der Waals surface area contributed by atoms with E-state index in [9.17, 15) is 0 Å².